The fraction of sp³-hybridized carbons (Fsp3) is 0.571. The highest BCUT2D eigenvalue weighted by molar-refractivity contribution is 5.85. The van der Waals surface area contributed by atoms with Crippen LogP contribution in [0.3, 0.4) is 0 Å². The van der Waals surface area contributed by atoms with Crippen LogP contribution >= 0.6 is 12.4 Å². The second kappa shape index (κ2) is 7.72. The minimum absolute atomic E-state index is 0. The molecular formula is C14H23ClFNO. The smallest absolute Gasteiger partial charge is 0.123 e. The Bertz CT molecular complexity index is 371. The summed E-state index contributed by atoms with van der Waals surface area (Å²) < 4.78 is 13.0. The van der Waals surface area contributed by atoms with Crippen LogP contribution in [0.5, 0.6) is 0 Å². The molecule has 0 saturated heterocycles. The zero-order valence-corrected chi connectivity index (χ0v) is 12.0. The molecule has 0 heterocycles. The monoisotopic (exact) mass is 275 g/mol. The van der Waals surface area contributed by atoms with Gasteiger partial charge in [-0.15, -0.1) is 12.4 Å². The molecule has 0 saturated carbocycles. The Balaban J connectivity index is 0.00000289. The van der Waals surface area contributed by atoms with Crippen LogP contribution in [0, 0.1) is 18.7 Å². The largest absolute Gasteiger partial charge is 0.391 e. The molecule has 2 nitrogen and oxygen atoms in total. The number of aliphatic hydroxyl groups is 1. The summed E-state index contributed by atoms with van der Waals surface area (Å²) in [7, 11) is 0. The van der Waals surface area contributed by atoms with E-state index in [1.54, 1.807) is 6.07 Å². The zero-order valence-electron chi connectivity index (χ0n) is 11.2. The van der Waals surface area contributed by atoms with E-state index in [0.29, 0.717) is 12.3 Å². The summed E-state index contributed by atoms with van der Waals surface area (Å²) in [4.78, 5) is 0. The summed E-state index contributed by atoms with van der Waals surface area (Å²) in [6.07, 6.45) is 1.05. The second-order valence-electron chi connectivity index (χ2n) is 5.07. The molecule has 0 aliphatic carbocycles. The van der Waals surface area contributed by atoms with Gasteiger partial charge in [-0.3, -0.25) is 0 Å². The fourth-order valence-corrected chi connectivity index (χ4v) is 1.90. The van der Waals surface area contributed by atoms with Crippen LogP contribution in [0.15, 0.2) is 18.2 Å². The molecule has 0 aliphatic heterocycles. The lowest BCUT2D eigenvalue weighted by Crippen LogP contribution is -2.27. The Morgan fingerprint density at radius 3 is 2.39 bits per heavy atom. The van der Waals surface area contributed by atoms with Gasteiger partial charge in [0.25, 0.3) is 0 Å². The van der Waals surface area contributed by atoms with Crippen molar-refractivity contribution in [3.8, 4) is 0 Å². The minimum atomic E-state index is -0.568. The van der Waals surface area contributed by atoms with E-state index in [0.717, 1.165) is 17.5 Å². The quantitative estimate of drug-likeness (QED) is 0.866. The van der Waals surface area contributed by atoms with Gasteiger partial charge in [0.2, 0.25) is 0 Å². The molecule has 1 aromatic carbocycles. The van der Waals surface area contributed by atoms with E-state index >= 15 is 0 Å². The molecule has 104 valence electrons. The number of halogens is 2. The van der Waals surface area contributed by atoms with Crippen LogP contribution in [0.2, 0.25) is 0 Å². The van der Waals surface area contributed by atoms with Crippen LogP contribution in [-0.4, -0.2) is 11.2 Å². The maximum absolute atomic E-state index is 13.0. The molecule has 18 heavy (non-hydrogen) atoms. The van der Waals surface area contributed by atoms with E-state index in [9.17, 15) is 9.50 Å². The summed E-state index contributed by atoms with van der Waals surface area (Å²) >= 11 is 0. The molecule has 1 rings (SSSR count). The number of rotatable bonds is 5. The van der Waals surface area contributed by atoms with Crippen molar-refractivity contribution in [3.05, 3.63) is 35.1 Å². The van der Waals surface area contributed by atoms with Gasteiger partial charge in [0.05, 0.1) is 12.1 Å². The molecule has 0 bridgehead atoms. The van der Waals surface area contributed by atoms with Gasteiger partial charge < -0.3 is 10.8 Å². The van der Waals surface area contributed by atoms with Gasteiger partial charge in [-0.05, 0) is 48.9 Å². The molecule has 0 aromatic heterocycles. The molecule has 0 radical (unpaired) electrons. The van der Waals surface area contributed by atoms with Gasteiger partial charge in [-0.2, -0.15) is 0 Å². The van der Waals surface area contributed by atoms with E-state index in [4.69, 9.17) is 5.73 Å². The third-order valence-electron chi connectivity index (χ3n) is 3.05. The third kappa shape index (κ3) is 4.92. The van der Waals surface area contributed by atoms with Crippen LogP contribution in [0.4, 0.5) is 4.39 Å². The second-order valence-corrected chi connectivity index (χ2v) is 5.07. The van der Waals surface area contributed by atoms with Gasteiger partial charge in [-0.25, -0.2) is 4.39 Å². The van der Waals surface area contributed by atoms with Gasteiger partial charge in [0.15, 0.2) is 0 Å². The lowest BCUT2D eigenvalue weighted by atomic mass is 9.93. The molecular weight excluding hydrogens is 253 g/mol. The Morgan fingerprint density at radius 1 is 1.28 bits per heavy atom. The van der Waals surface area contributed by atoms with Crippen LogP contribution < -0.4 is 5.73 Å². The summed E-state index contributed by atoms with van der Waals surface area (Å²) in [6.45, 7) is 6.04. The van der Waals surface area contributed by atoms with Crippen molar-refractivity contribution in [1.82, 2.24) is 0 Å². The van der Waals surface area contributed by atoms with E-state index in [1.807, 2.05) is 6.92 Å². The Kier molecular flexibility index (Phi) is 7.45. The molecule has 1 aromatic rings. The summed E-state index contributed by atoms with van der Waals surface area (Å²) in [6, 6.07) is 4.06. The molecule has 3 N–H and O–H groups in total. The Labute approximate surface area is 115 Å². The summed E-state index contributed by atoms with van der Waals surface area (Å²) in [5.74, 6) is 0.279. The Morgan fingerprint density at radius 2 is 1.89 bits per heavy atom. The average Bonchev–Trinajstić information content (AvgIpc) is 2.25. The van der Waals surface area contributed by atoms with E-state index in [1.165, 1.54) is 12.1 Å². The fourth-order valence-electron chi connectivity index (χ4n) is 1.90. The molecule has 0 aliphatic rings. The van der Waals surface area contributed by atoms with Crippen LogP contribution in [0.25, 0.3) is 0 Å². The highest BCUT2D eigenvalue weighted by atomic mass is 35.5. The van der Waals surface area contributed by atoms with Gasteiger partial charge >= 0.3 is 0 Å². The van der Waals surface area contributed by atoms with Gasteiger partial charge in [0, 0.05) is 0 Å². The number of aliphatic hydroxyl groups excluding tert-OH is 1. The zero-order chi connectivity index (χ0) is 13.0. The standard InChI is InChI=1S/C14H22FNO.ClH/c1-9(2)4-7-13(17)14(16)12-6-5-11(15)8-10(12)3;/h5-6,8-9,13-14,17H,4,7,16H2,1-3H3;1H/t13-,14+;/m0./s1. The first-order valence-electron chi connectivity index (χ1n) is 6.11. The van der Waals surface area contributed by atoms with Crippen molar-refractivity contribution in [3.63, 3.8) is 0 Å². The topological polar surface area (TPSA) is 46.2 Å². The first kappa shape index (κ1) is 17.4. The minimum Gasteiger partial charge on any atom is -0.391 e. The molecule has 0 spiro atoms. The summed E-state index contributed by atoms with van der Waals surface area (Å²) in [5.41, 5.74) is 7.62. The predicted octanol–water partition coefficient (Wildman–Crippen LogP) is 3.35. The average molecular weight is 276 g/mol. The lowest BCUT2D eigenvalue weighted by Gasteiger charge is -2.21. The van der Waals surface area contributed by atoms with E-state index in [2.05, 4.69) is 13.8 Å². The van der Waals surface area contributed by atoms with Gasteiger partial charge in [0.1, 0.15) is 5.82 Å². The van der Waals surface area contributed by atoms with Crippen molar-refractivity contribution < 1.29 is 9.50 Å². The maximum atomic E-state index is 13.0. The number of benzene rings is 1. The third-order valence-corrected chi connectivity index (χ3v) is 3.05. The van der Waals surface area contributed by atoms with Crippen molar-refractivity contribution in [1.29, 1.82) is 0 Å². The van der Waals surface area contributed by atoms with Crippen LogP contribution in [-0.2, 0) is 0 Å². The molecule has 0 amide bonds. The maximum Gasteiger partial charge on any atom is 0.123 e. The van der Waals surface area contributed by atoms with E-state index < -0.39 is 12.1 Å². The molecule has 0 unspecified atom stereocenters. The van der Waals surface area contributed by atoms with E-state index in [-0.39, 0.29) is 18.2 Å². The summed E-state index contributed by atoms with van der Waals surface area (Å²) in [5, 5.41) is 10.00. The van der Waals surface area contributed by atoms with Crippen LogP contribution in [0.1, 0.15) is 43.9 Å². The molecule has 2 atom stereocenters. The van der Waals surface area contributed by atoms with Crippen molar-refractivity contribution in [2.45, 2.75) is 45.8 Å². The number of hydrogen-bond acceptors (Lipinski definition) is 2. The highest BCUT2D eigenvalue weighted by Crippen LogP contribution is 2.22. The van der Waals surface area contributed by atoms with Gasteiger partial charge in [-0.1, -0.05) is 19.9 Å². The highest BCUT2D eigenvalue weighted by Gasteiger charge is 2.18. The first-order valence-corrected chi connectivity index (χ1v) is 6.11. The number of hydrogen-bond donors (Lipinski definition) is 2. The van der Waals surface area contributed by atoms with Crippen molar-refractivity contribution in [2.24, 2.45) is 11.7 Å². The number of aryl methyl sites for hydroxylation is 1. The van der Waals surface area contributed by atoms with Crippen molar-refractivity contribution in [2.75, 3.05) is 0 Å². The van der Waals surface area contributed by atoms with Crippen molar-refractivity contribution >= 4 is 12.4 Å². The Hall–Kier alpha value is -0.640. The number of nitrogens with two attached hydrogens (primary N) is 1. The SMILES string of the molecule is Cc1cc(F)ccc1[C@@H](N)[C@@H](O)CCC(C)C.Cl. The molecule has 0 fully saturated rings. The lowest BCUT2D eigenvalue weighted by molar-refractivity contribution is 0.128. The normalized spacial score (nSPS) is 14.2. The predicted molar refractivity (Wildman–Crippen MR) is 75.4 cm³/mol. The molecule has 4 heteroatoms. The first-order chi connectivity index (χ1) is 7.91.